The van der Waals surface area contributed by atoms with Crippen LogP contribution >= 0.6 is 0 Å². The van der Waals surface area contributed by atoms with Crippen LogP contribution in [0.25, 0.3) is 0 Å². The molecule has 2 amide bonds. The summed E-state index contributed by atoms with van der Waals surface area (Å²) in [6, 6.07) is 13.3. The summed E-state index contributed by atoms with van der Waals surface area (Å²) in [5.41, 5.74) is 1.78. The predicted octanol–water partition coefficient (Wildman–Crippen LogP) is 2.02. The van der Waals surface area contributed by atoms with Crippen LogP contribution in [0.1, 0.15) is 19.4 Å². The van der Waals surface area contributed by atoms with E-state index in [4.69, 9.17) is 5.26 Å². The summed E-state index contributed by atoms with van der Waals surface area (Å²) in [5, 5.41) is 13.8. The van der Waals surface area contributed by atoms with Crippen molar-refractivity contribution in [3.05, 3.63) is 54.1 Å². The molecule has 0 fully saturated rings. The van der Waals surface area contributed by atoms with Crippen LogP contribution in [-0.4, -0.2) is 26.3 Å². The van der Waals surface area contributed by atoms with Gasteiger partial charge in [0.05, 0.1) is 23.4 Å². The molecule has 0 radical (unpaired) electrons. The quantitative estimate of drug-likeness (QED) is 0.655. The molecular formula is C19H20N4O4S. The molecule has 146 valence electrons. The van der Waals surface area contributed by atoms with E-state index in [1.54, 1.807) is 24.3 Å². The highest BCUT2D eigenvalue weighted by atomic mass is 32.2. The maximum Gasteiger partial charge on any atom is 0.242 e. The Morgan fingerprint density at radius 2 is 1.54 bits per heavy atom. The number of anilines is 2. The summed E-state index contributed by atoms with van der Waals surface area (Å²) in [5.74, 6) is -0.786. The lowest BCUT2D eigenvalue weighted by Crippen LogP contribution is -2.41. The Morgan fingerprint density at radius 3 is 2.07 bits per heavy atom. The summed E-state index contributed by atoms with van der Waals surface area (Å²) in [4.78, 5) is 23.3. The monoisotopic (exact) mass is 400 g/mol. The number of rotatable bonds is 7. The Kier molecular flexibility index (Phi) is 6.87. The van der Waals surface area contributed by atoms with Crippen LogP contribution in [-0.2, 0) is 26.0 Å². The Hall–Kier alpha value is -3.22. The van der Waals surface area contributed by atoms with Crippen molar-refractivity contribution in [2.45, 2.75) is 31.2 Å². The van der Waals surface area contributed by atoms with Gasteiger partial charge in [-0.05, 0) is 48.9 Å². The minimum Gasteiger partial charge on any atom is -0.326 e. The number of carbonyl (C=O) groups excluding carboxylic acids is 2. The molecule has 0 saturated carbocycles. The molecule has 0 bridgehead atoms. The molecule has 0 aliphatic rings. The lowest BCUT2D eigenvalue weighted by atomic mass is 10.1. The summed E-state index contributed by atoms with van der Waals surface area (Å²) in [7, 11) is -3.92. The first kappa shape index (κ1) is 21.1. The molecule has 0 spiro atoms. The molecular weight excluding hydrogens is 380 g/mol. The van der Waals surface area contributed by atoms with Gasteiger partial charge in [0, 0.05) is 18.3 Å². The van der Waals surface area contributed by atoms with E-state index in [0.717, 1.165) is 5.56 Å². The average Bonchev–Trinajstić information content (AvgIpc) is 2.63. The number of nitrogens with zero attached hydrogens (tertiary/aromatic N) is 1. The molecule has 0 aliphatic heterocycles. The van der Waals surface area contributed by atoms with E-state index in [1.165, 1.54) is 38.1 Å². The molecule has 2 rings (SSSR count). The van der Waals surface area contributed by atoms with Gasteiger partial charge in [0.1, 0.15) is 0 Å². The van der Waals surface area contributed by atoms with Crippen LogP contribution in [0.2, 0.25) is 0 Å². The van der Waals surface area contributed by atoms with Gasteiger partial charge in [-0.1, -0.05) is 12.1 Å². The number of amides is 2. The van der Waals surface area contributed by atoms with Gasteiger partial charge < -0.3 is 10.6 Å². The molecule has 2 aromatic rings. The van der Waals surface area contributed by atoms with Crippen molar-refractivity contribution in [1.29, 1.82) is 5.26 Å². The Bertz CT molecular complexity index is 994. The Labute approximate surface area is 163 Å². The van der Waals surface area contributed by atoms with Crippen molar-refractivity contribution in [2.24, 2.45) is 0 Å². The highest BCUT2D eigenvalue weighted by Crippen LogP contribution is 2.15. The Morgan fingerprint density at radius 1 is 1.00 bits per heavy atom. The first-order valence-corrected chi connectivity index (χ1v) is 9.86. The highest BCUT2D eigenvalue weighted by molar-refractivity contribution is 7.89. The maximum atomic E-state index is 12.4. The van der Waals surface area contributed by atoms with E-state index in [0.29, 0.717) is 11.4 Å². The average molecular weight is 400 g/mol. The summed E-state index contributed by atoms with van der Waals surface area (Å²) >= 11 is 0. The third-order valence-corrected chi connectivity index (χ3v) is 5.27. The number of hydrogen-bond acceptors (Lipinski definition) is 5. The second kappa shape index (κ2) is 9.12. The van der Waals surface area contributed by atoms with Gasteiger partial charge in [-0.25, -0.2) is 8.42 Å². The van der Waals surface area contributed by atoms with Gasteiger partial charge in [-0.3, -0.25) is 9.59 Å². The predicted molar refractivity (Wildman–Crippen MR) is 105 cm³/mol. The van der Waals surface area contributed by atoms with Crippen molar-refractivity contribution in [3.63, 3.8) is 0 Å². The fraction of sp³-hybridized carbons (Fsp3) is 0.211. The zero-order valence-electron chi connectivity index (χ0n) is 15.4. The summed E-state index contributed by atoms with van der Waals surface area (Å²) in [6.45, 7) is 2.78. The second-order valence-electron chi connectivity index (χ2n) is 6.07. The first-order chi connectivity index (χ1) is 13.2. The lowest BCUT2D eigenvalue weighted by molar-refractivity contribution is -0.117. The molecule has 0 aromatic heterocycles. The van der Waals surface area contributed by atoms with E-state index in [2.05, 4.69) is 15.4 Å². The SMILES string of the molecule is CC(=O)Nc1ccc(S(=O)(=O)N[C@@H](C)C(=O)Nc2ccc(CC#N)cc2)cc1. The third kappa shape index (κ3) is 5.90. The van der Waals surface area contributed by atoms with Gasteiger partial charge in [-0.15, -0.1) is 0 Å². The first-order valence-electron chi connectivity index (χ1n) is 8.38. The highest BCUT2D eigenvalue weighted by Gasteiger charge is 2.22. The summed E-state index contributed by atoms with van der Waals surface area (Å²) < 4.78 is 27.2. The van der Waals surface area contributed by atoms with Crippen molar-refractivity contribution < 1.29 is 18.0 Å². The van der Waals surface area contributed by atoms with Crippen LogP contribution in [0.4, 0.5) is 11.4 Å². The number of sulfonamides is 1. The largest absolute Gasteiger partial charge is 0.326 e. The fourth-order valence-corrected chi connectivity index (χ4v) is 3.53. The zero-order chi connectivity index (χ0) is 20.7. The van der Waals surface area contributed by atoms with E-state index < -0.39 is 22.0 Å². The Balaban J connectivity index is 2.01. The minimum absolute atomic E-state index is 0.0258. The van der Waals surface area contributed by atoms with E-state index in [1.807, 2.05) is 6.07 Å². The van der Waals surface area contributed by atoms with Gasteiger partial charge in [0.15, 0.2) is 0 Å². The number of nitrogens with one attached hydrogen (secondary N) is 3. The topological polar surface area (TPSA) is 128 Å². The van der Waals surface area contributed by atoms with Crippen LogP contribution < -0.4 is 15.4 Å². The molecule has 0 unspecified atom stereocenters. The van der Waals surface area contributed by atoms with E-state index >= 15 is 0 Å². The standard InChI is InChI=1S/C19H20N4O4S/c1-13(19(25)22-17-5-3-15(4-6-17)11-12-20)23-28(26,27)18-9-7-16(8-10-18)21-14(2)24/h3-10,13,23H,11H2,1-2H3,(H,21,24)(H,22,25)/t13-/m0/s1. The smallest absolute Gasteiger partial charge is 0.242 e. The normalized spacial score (nSPS) is 11.9. The molecule has 9 heteroatoms. The van der Waals surface area contributed by atoms with Crippen LogP contribution in [0.15, 0.2) is 53.4 Å². The maximum absolute atomic E-state index is 12.4. The van der Waals surface area contributed by atoms with Crippen molar-refractivity contribution in [1.82, 2.24) is 4.72 Å². The number of benzene rings is 2. The van der Waals surface area contributed by atoms with E-state index in [-0.39, 0.29) is 17.2 Å². The van der Waals surface area contributed by atoms with Gasteiger partial charge in [0.2, 0.25) is 21.8 Å². The molecule has 3 N–H and O–H groups in total. The van der Waals surface area contributed by atoms with Gasteiger partial charge in [-0.2, -0.15) is 9.98 Å². The minimum atomic E-state index is -3.92. The fourth-order valence-electron chi connectivity index (χ4n) is 2.32. The summed E-state index contributed by atoms with van der Waals surface area (Å²) in [6.07, 6.45) is 0.269. The molecule has 0 saturated heterocycles. The molecule has 0 aliphatic carbocycles. The van der Waals surface area contributed by atoms with Crippen LogP contribution in [0.3, 0.4) is 0 Å². The molecule has 28 heavy (non-hydrogen) atoms. The molecule has 2 aromatic carbocycles. The molecule has 0 heterocycles. The van der Waals surface area contributed by atoms with Gasteiger partial charge >= 0.3 is 0 Å². The van der Waals surface area contributed by atoms with E-state index in [9.17, 15) is 18.0 Å². The lowest BCUT2D eigenvalue weighted by Gasteiger charge is -2.15. The number of hydrogen-bond donors (Lipinski definition) is 3. The van der Waals surface area contributed by atoms with Crippen molar-refractivity contribution in [2.75, 3.05) is 10.6 Å². The van der Waals surface area contributed by atoms with Gasteiger partial charge in [0.25, 0.3) is 0 Å². The third-order valence-electron chi connectivity index (χ3n) is 3.71. The number of carbonyl (C=O) groups is 2. The zero-order valence-corrected chi connectivity index (χ0v) is 16.2. The molecule has 1 atom stereocenters. The molecule has 8 nitrogen and oxygen atoms in total. The second-order valence-corrected chi connectivity index (χ2v) is 7.78. The van der Waals surface area contributed by atoms with Crippen molar-refractivity contribution >= 4 is 33.2 Å². The van der Waals surface area contributed by atoms with Crippen LogP contribution in [0.5, 0.6) is 0 Å². The van der Waals surface area contributed by atoms with Crippen molar-refractivity contribution in [3.8, 4) is 6.07 Å². The van der Waals surface area contributed by atoms with Crippen LogP contribution in [0, 0.1) is 11.3 Å². The number of nitriles is 1.